The molecule has 1 unspecified atom stereocenters. The van der Waals surface area contributed by atoms with Crippen LogP contribution < -0.4 is 10.5 Å². The Bertz CT molecular complexity index is 669. The molecule has 0 radical (unpaired) electrons. The molecule has 0 spiro atoms. The third-order valence-electron chi connectivity index (χ3n) is 3.56. The first kappa shape index (κ1) is 12.7. The van der Waals surface area contributed by atoms with Crippen LogP contribution in [0.3, 0.4) is 0 Å². The maximum atomic E-state index is 13.5. The predicted molar refractivity (Wildman–Crippen MR) is 74.4 cm³/mol. The van der Waals surface area contributed by atoms with Gasteiger partial charge < -0.3 is 10.5 Å². The van der Waals surface area contributed by atoms with Crippen molar-refractivity contribution in [3.8, 4) is 5.75 Å². The molecule has 3 rings (SSSR count). The van der Waals surface area contributed by atoms with E-state index in [-0.39, 0.29) is 17.4 Å². The summed E-state index contributed by atoms with van der Waals surface area (Å²) in [5.41, 5.74) is 6.70. The van der Waals surface area contributed by atoms with Crippen LogP contribution in [-0.4, -0.2) is 12.4 Å². The van der Waals surface area contributed by atoms with Crippen molar-refractivity contribution in [3.63, 3.8) is 0 Å². The molecule has 0 bridgehead atoms. The molecule has 0 saturated carbocycles. The van der Waals surface area contributed by atoms with Crippen molar-refractivity contribution in [2.24, 2.45) is 0 Å². The Morgan fingerprint density at radius 2 is 2.05 bits per heavy atom. The lowest BCUT2D eigenvalue weighted by Crippen LogP contribution is -2.21. The van der Waals surface area contributed by atoms with Crippen molar-refractivity contribution in [2.75, 3.05) is 12.3 Å². The van der Waals surface area contributed by atoms with Crippen LogP contribution in [0.2, 0.25) is 0 Å². The van der Waals surface area contributed by atoms with Gasteiger partial charge in [0.25, 0.3) is 0 Å². The van der Waals surface area contributed by atoms with Crippen LogP contribution >= 0.6 is 0 Å². The van der Waals surface area contributed by atoms with E-state index in [1.807, 2.05) is 24.3 Å². The number of nitrogens with two attached hydrogens (primary N) is 1. The second-order valence-electron chi connectivity index (χ2n) is 4.83. The minimum Gasteiger partial charge on any atom is -0.493 e. The molecule has 0 amide bonds. The molecule has 4 heteroatoms. The topological polar surface area (TPSA) is 52.3 Å². The van der Waals surface area contributed by atoms with Gasteiger partial charge in [0, 0.05) is 11.1 Å². The molecule has 3 nitrogen and oxygen atoms in total. The number of hydrogen-bond acceptors (Lipinski definition) is 3. The Kier molecular flexibility index (Phi) is 3.14. The average Bonchev–Trinajstić information content (AvgIpc) is 2.49. The maximum absolute atomic E-state index is 13.5. The van der Waals surface area contributed by atoms with E-state index in [4.69, 9.17) is 10.5 Å². The lowest BCUT2D eigenvalue weighted by atomic mass is 9.86. The van der Waals surface area contributed by atoms with Gasteiger partial charge in [0.2, 0.25) is 0 Å². The van der Waals surface area contributed by atoms with Crippen molar-refractivity contribution < 1.29 is 13.9 Å². The number of carbonyl (C=O) groups is 1. The van der Waals surface area contributed by atoms with Gasteiger partial charge in [0.1, 0.15) is 11.6 Å². The third kappa shape index (κ3) is 2.13. The summed E-state index contributed by atoms with van der Waals surface area (Å²) in [6, 6.07) is 11.7. The quantitative estimate of drug-likeness (QED) is 0.674. The zero-order chi connectivity index (χ0) is 14.1. The summed E-state index contributed by atoms with van der Waals surface area (Å²) >= 11 is 0. The number of ketones is 1. The summed E-state index contributed by atoms with van der Waals surface area (Å²) in [5, 5.41) is 0. The molecule has 1 aliphatic rings. The fraction of sp³-hybridized carbons (Fsp3) is 0.188. The summed E-state index contributed by atoms with van der Waals surface area (Å²) in [5.74, 6) is -0.216. The number of benzene rings is 2. The summed E-state index contributed by atoms with van der Waals surface area (Å²) in [7, 11) is 0. The van der Waals surface area contributed by atoms with Crippen molar-refractivity contribution >= 4 is 11.5 Å². The lowest BCUT2D eigenvalue weighted by molar-refractivity contribution is 0.0932. The van der Waals surface area contributed by atoms with Gasteiger partial charge in [0.15, 0.2) is 5.78 Å². The van der Waals surface area contributed by atoms with Crippen molar-refractivity contribution in [3.05, 3.63) is 59.4 Å². The van der Waals surface area contributed by atoms with E-state index >= 15 is 0 Å². The van der Waals surface area contributed by atoms with Crippen LogP contribution in [0.4, 0.5) is 10.1 Å². The fourth-order valence-corrected chi connectivity index (χ4v) is 2.50. The highest BCUT2D eigenvalue weighted by Crippen LogP contribution is 2.35. The van der Waals surface area contributed by atoms with Gasteiger partial charge in [-0.2, -0.15) is 0 Å². The van der Waals surface area contributed by atoms with Crippen LogP contribution in [0.25, 0.3) is 0 Å². The molecule has 2 N–H and O–H groups in total. The zero-order valence-corrected chi connectivity index (χ0v) is 10.8. The number of fused-ring (bicyclic) bond motifs is 1. The minimum absolute atomic E-state index is 0.0499. The molecule has 1 aliphatic heterocycles. The summed E-state index contributed by atoms with van der Waals surface area (Å²) in [6.45, 7) is 0.491. The minimum atomic E-state index is -0.559. The molecule has 102 valence electrons. The van der Waals surface area contributed by atoms with E-state index in [1.54, 1.807) is 6.07 Å². The van der Waals surface area contributed by atoms with Crippen LogP contribution in [0.5, 0.6) is 5.75 Å². The second kappa shape index (κ2) is 4.96. The number of halogens is 1. The van der Waals surface area contributed by atoms with Crippen LogP contribution in [-0.2, 0) is 0 Å². The lowest BCUT2D eigenvalue weighted by Gasteiger charge is -2.24. The summed E-state index contributed by atoms with van der Waals surface area (Å²) < 4.78 is 19.0. The zero-order valence-electron chi connectivity index (χ0n) is 10.8. The molecule has 1 atom stereocenters. The van der Waals surface area contributed by atoms with Crippen LogP contribution in [0.15, 0.2) is 42.5 Å². The molecule has 0 fully saturated rings. The van der Waals surface area contributed by atoms with Gasteiger partial charge in [-0.25, -0.2) is 4.39 Å². The molecule has 0 aromatic heterocycles. The highest BCUT2D eigenvalue weighted by Gasteiger charge is 2.28. The first-order chi connectivity index (χ1) is 9.66. The van der Waals surface area contributed by atoms with Gasteiger partial charge in [-0.05, 0) is 30.7 Å². The number of carbonyl (C=O) groups excluding carboxylic acids is 1. The monoisotopic (exact) mass is 271 g/mol. The van der Waals surface area contributed by atoms with Crippen molar-refractivity contribution in [1.29, 1.82) is 0 Å². The van der Waals surface area contributed by atoms with E-state index in [0.717, 1.165) is 11.3 Å². The maximum Gasteiger partial charge on any atom is 0.170 e. The number of para-hydroxylation sites is 1. The predicted octanol–water partition coefficient (Wildman–Crippen LogP) is 3.16. The number of ether oxygens (including phenoxy) is 1. The molecule has 20 heavy (non-hydrogen) atoms. The van der Waals surface area contributed by atoms with Gasteiger partial charge in [-0.15, -0.1) is 0 Å². The molecular weight excluding hydrogens is 257 g/mol. The van der Waals surface area contributed by atoms with E-state index in [2.05, 4.69) is 0 Å². The van der Waals surface area contributed by atoms with E-state index in [0.29, 0.717) is 18.6 Å². The number of rotatable bonds is 2. The van der Waals surface area contributed by atoms with E-state index in [9.17, 15) is 9.18 Å². The summed E-state index contributed by atoms with van der Waals surface area (Å²) in [4.78, 5) is 12.6. The van der Waals surface area contributed by atoms with Crippen LogP contribution in [0.1, 0.15) is 28.3 Å². The van der Waals surface area contributed by atoms with E-state index in [1.165, 1.54) is 12.1 Å². The number of anilines is 1. The van der Waals surface area contributed by atoms with Gasteiger partial charge >= 0.3 is 0 Å². The molecule has 1 heterocycles. The molecule has 2 aromatic rings. The average molecular weight is 271 g/mol. The Morgan fingerprint density at radius 3 is 2.85 bits per heavy atom. The number of nitrogen functional groups attached to an aromatic ring is 1. The fourth-order valence-electron chi connectivity index (χ4n) is 2.50. The van der Waals surface area contributed by atoms with Gasteiger partial charge in [-0.1, -0.05) is 18.2 Å². The Morgan fingerprint density at radius 1 is 1.25 bits per heavy atom. The molecule has 2 aromatic carbocycles. The van der Waals surface area contributed by atoms with Crippen LogP contribution in [0, 0.1) is 5.82 Å². The SMILES string of the molecule is Nc1ccc(C(=O)C2CCOc3ccccc32)cc1F. The largest absolute Gasteiger partial charge is 0.493 e. The van der Waals surface area contributed by atoms with Gasteiger partial charge in [-0.3, -0.25) is 4.79 Å². The van der Waals surface area contributed by atoms with E-state index < -0.39 is 5.82 Å². The van der Waals surface area contributed by atoms with Gasteiger partial charge in [0.05, 0.1) is 18.2 Å². The second-order valence-corrected chi connectivity index (χ2v) is 4.83. The summed E-state index contributed by atoms with van der Waals surface area (Å²) in [6.07, 6.45) is 0.599. The van der Waals surface area contributed by atoms with Crippen molar-refractivity contribution in [2.45, 2.75) is 12.3 Å². The Balaban J connectivity index is 1.97. The smallest absolute Gasteiger partial charge is 0.170 e. The normalized spacial score (nSPS) is 17.1. The number of Topliss-reactive ketones (excluding diaryl/α,β-unsaturated/α-hetero) is 1. The first-order valence-corrected chi connectivity index (χ1v) is 6.48. The Labute approximate surface area is 116 Å². The highest BCUT2D eigenvalue weighted by molar-refractivity contribution is 6.01. The molecule has 0 saturated heterocycles. The third-order valence-corrected chi connectivity index (χ3v) is 3.56. The first-order valence-electron chi connectivity index (χ1n) is 6.48. The van der Waals surface area contributed by atoms with Crippen molar-refractivity contribution in [1.82, 2.24) is 0 Å². The standard InChI is InChI=1S/C16H14FNO2/c17-13-9-10(5-6-14(13)18)16(19)12-7-8-20-15-4-2-1-3-11(12)15/h1-6,9,12H,7-8,18H2. The highest BCUT2D eigenvalue weighted by atomic mass is 19.1. The Hall–Kier alpha value is -2.36. The molecular formula is C16H14FNO2. The molecule has 0 aliphatic carbocycles. The number of hydrogen-bond donors (Lipinski definition) is 1.